The van der Waals surface area contributed by atoms with Crippen LogP contribution in [0.5, 0.6) is 11.5 Å². The monoisotopic (exact) mass is 366 g/mol. The van der Waals surface area contributed by atoms with E-state index < -0.39 is 0 Å². The van der Waals surface area contributed by atoms with Crippen LogP contribution in [0.2, 0.25) is 0 Å². The molecule has 110 valence electrons. The lowest BCUT2D eigenvalue weighted by Gasteiger charge is -2.13. The van der Waals surface area contributed by atoms with Gasteiger partial charge >= 0.3 is 5.30 Å². The van der Waals surface area contributed by atoms with Gasteiger partial charge in [-0.25, -0.2) is 4.79 Å². The molecule has 5 heteroatoms. The van der Waals surface area contributed by atoms with Crippen molar-refractivity contribution in [3.8, 4) is 11.5 Å². The van der Waals surface area contributed by atoms with Gasteiger partial charge in [-0.1, -0.05) is 40.2 Å². The predicted molar refractivity (Wildman–Crippen MR) is 89.2 cm³/mol. The van der Waals surface area contributed by atoms with E-state index >= 15 is 0 Å². The number of aryl methyl sites for hydroxylation is 1. The van der Waals surface area contributed by atoms with Crippen LogP contribution in [0, 0.1) is 6.92 Å². The largest absolute Gasteiger partial charge is 0.488 e. The van der Waals surface area contributed by atoms with E-state index in [1.165, 1.54) is 0 Å². The van der Waals surface area contributed by atoms with Crippen molar-refractivity contribution in [3.63, 3.8) is 0 Å². The third kappa shape index (κ3) is 4.25. The summed E-state index contributed by atoms with van der Waals surface area (Å²) in [5.74, 6) is 1.33. The summed E-state index contributed by atoms with van der Waals surface area (Å²) in [6.07, 6.45) is 1.68. The molecule has 0 bridgehead atoms. The lowest BCUT2D eigenvalue weighted by Crippen LogP contribution is -2.05. The van der Waals surface area contributed by atoms with E-state index in [-0.39, 0.29) is 5.30 Å². The van der Waals surface area contributed by atoms with E-state index in [4.69, 9.17) is 9.47 Å². The van der Waals surface area contributed by atoms with E-state index in [2.05, 4.69) is 15.9 Å². The van der Waals surface area contributed by atoms with Gasteiger partial charge in [-0.15, -0.1) is 0 Å². The third-order valence-corrected chi connectivity index (χ3v) is 4.06. The Hall–Kier alpha value is -1.46. The van der Waals surface area contributed by atoms with Crippen molar-refractivity contribution in [1.82, 2.24) is 0 Å². The molecule has 0 aromatic heterocycles. The molecule has 2 aromatic carbocycles. The van der Waals surface area contributed by atoms with Crippen LogP contribution in [0.25, 0.3) is 0 Å². The Morgan fingerprint density at radius 3 is 2.57 bits per heavy atom. The minimum absolute atomic E-state index is 0.323. The molecule has 0 aliphatic rings. The van der Waals surface area contributed by atoms with Crippen molar-refractivity contribution in [2.24, 2.45) is 0 Å². The van der Waals surface area contributed by atoms with Gasteiger partial charge < -0.3 is 9.47 Å². The van der Waals surface area contributed by atoms with Gasteiger partial charge in [0, 0.05) is 10.0 Å². The maximum absolute atomic E-state index is 11.5. The highest BCUT2D eigenvalue weighted by Gasteiger charge is 2.12. The fourth-order valence-electron chi connectivity index (χ4n) is 1.77. The third-order valence-electron chi connectivity index (χ3n) is 2.90. The van der Waals surface area contributed by atoms with Gasteiger partial charge in [0.1, 0.15) is 18.1 Å². The summed E-state index contributed by atoms with van der Waals surface area (Å²) < 4.78 is 12.0. The second kappa shape index (κ2) is 7.52. The minimum Gasteiger partial charge on any atom is -0.488 e. The second-order valence-corrected chi connectivity index (χ2v) is 5.92. The maximum atomic E-state index is 11.5. The molecule has 0 unspecified atom stereocenters. The summed E-state index contributed by atoms with van der Waals surface area (Å²) >= 11 is 4.51. The molecule has 0 N–H and O–H groups in total. The van der Waals surface area contributed by atoms with Crippen LogP contribution in [0.4, 0.5) is 4.79 Å². The Bertz CT molecular complexity index is 643. The molecular formula is C16H15BrO3S. The predicted octanol–water partition coefficient (Wildman–Crippen LogP) is 5.20. The summed E-state index contributed by atoms with van der Waals surface area (Å²) in [4.78, 5) is 11.5. The quantitative estimate of drug-likeness (QED) is 0.696. The lowest BCUT2D eigenvalue weighted by atomic mass is 10.2. The van der Waals surface area contributed by atoms with Crippen LogP contribution in [-0.2, 0) is 6.61 Å². The number of halogens is 1. The molecule has 2 aromatic rings. The molecule has 0 saturated heterocycles. The first-order valence-electron chi connectivity index (χ1n) is 6.33. The van der Waals surface area contributed by atoms with Crippen LogP contribution >= 0.6 is 27.7 Å². The molecule has 0 spiro atoms. The zero-order chi connectivity index (χ0) is 15.2. The maximum Gasteiger partial charge on any atom is 0.372 e. The Morgan fingerprint density at radius 1 is 1.14 bits per heavy atom. The summed E-state index contributed by atoms with van der Waals surface area (Å²) in [6, 6.07) is 13.3. The number of para-hydroxylation sites is 1. The molecule has 0 aliphatic heterocycles. The lowest BCUT2D eigenvalue weighted by molar-refractivity contribution is 0.225. The van der Waals surface area contributed by atoms with Gasteiger partial charge in [-0.05, 0) is 48.7 Å². The number of carbonyl (C=O) groups excluding carboxylic acids is 1. The molecule has 0 aliphatic carbocycles. The first-order chi connectivity index (χ1) is 10.1. The van der Waals surface area contributed by atoms with Gasteiger partial charge in [-0.2, -0.15) is 0 Å². The fourth-order valence-corrected chi connectivity index (χ4v) is 2.41. The number of benzene rings is 2. The van der Waals surface area contributed by atoms with Crippen LogP contribution in [0.15, 0.2) is 46.9 Å². The van der Waals surface area contributed by atoms with Crippen LogP contribution < -0.4 is 9.47 Å². The van der Waals surface area contributed by atoms with Gasteiger partial charge in [0.25, 0.3) is 0 Å². The van der Waals surface area contributed by atoms with Crippen molar-refractivity contribution in [1.29, 1.82) is 0 Å². The Labute approximate surface area is 136 Å². The second-order valence-electron chi connectivity index (χ2n) is 4.33. The number of hydrogen-bond acceptors (Lipinski definition) is 4. The SMILES string of the molecule is CSC(=O)Oc1cccc(Br)c1COc1ccccc1C. The molecule has 3 nitrogen and oxygen atoms in total. The van der Waals surface area contributed by atoms with Crippen LogP contribution in [0.3, 0.4) is 0 Å². The van der Waals surface area contributed by atoms with Gasteiger partial charge in [-0.3, -0.25) is 0 Å². The van der Waals surface area contributed by atoms with Gasteiger partial charge in [0.2, 0.25) is 0 Å². The van der Waals surface area contributed by atoms with Crippen molar-refractivity contribution in [2.75, 3.05) is 6.26 Å². The normalized spacial score (nSPS) is 10.2. The average Bonchev–Trinajstić information content (AvgIpc) is 2.48. The van der Waals surface area contributed by atoms with Crippen molar-refractivity contribution >= 4 is 33.0 Å². The van der Waals surface area contributed by atoms with E-state index in [0.29, 0.717) is 12.4 Å². The molecule has 2 rings (SSSR count). The number of rotatable bonds is 4. The average molecular weight is 367 g/mol. The van der Waals surface area contributed by atoms with E-state index in [1.807, 2.05) is 43.3 Å². The molecule has 0 saturated carbocycles. The highest BCUT2D eigenvalue weighted by Crippen LogP contribution is 2.29. The first-order valence-corrected chi connectivity index (χ1v) is 8.35. The van der Waals surface area contributed by atoms with E-state index in [0.717, 1.165) is 33.1 Å². The fraction of sp³-hybridized carbons (Fsp3) is 0.188. The summed E-state index contributed by atoms with van der Waals surface area (Å²) in [6.45, 7) is 2.31. The van der Waals surface area contributed by atoms with Crippen LogP contribution in [-0.4, -0.2) is 11.6 Å². The molecule has 0 amide bonds. The Morgan fingerprint density at radius 2 is 1.86 bits per heavy atom. The topological polar surface area (TPSA) is 35.5 Å². The molecule has 21 heavy (non-hydrogen) atoms. The number of carbonyl (C=O) groups is 1. The Balaban J connectivity index is 2.19. The van der Waals surface area contributed by atoms with Gasteiger partial charge in [0.05, 0.1) is 0 Å². The number of thioether (sulfide) groups is 1. The molecule has 0 atom stereocenters. The molecule has 0 heterocycles. The highest BCUT2D eigenvalue weighted by molar-refractivity contribution is 9.10. The van der Waals surface area contributed by atoms with Crippen molar-refractivity contribution < 1.29 is 14.3 Å². The van der Waals surface area contributed by atoms with Crippen molar-refractivity contribution in [3.05, 3.63) is 58.1 Å². The van der Waals surface area contributed by atoms with E-state index in [9.17, 15) is 4.79 Å². The molecule has 0 fully saturated rings. The number of hydrogen-bond donors (Lipinski definition) is 0. The van der Waals surface area contributed by atoms with Gasteiger partial charge in [0.15, 0.2) is 0 Å². The van der Waals surface area contributed by atoms with Crippen LogP contribution in [0.1, 0.15) is 11.1 Å². The standard InChI is InChI=1S/C16H15BrO3S/c1-11-6-3-4-8-14(11)19-10-12-13(17)7-5-9-15(12)20-16(18)21-2/h3-9H,10H2,1-2H3. The zero-order valence-electron chi connectivity index (χ0n) is 11.8. The summed E-state index contributed by atoms with van der Waals surface area (Å²) in [5.41, 5.74) is 1.87. The summed E-state index contributed by atoms with van der Waals surface area (Å²) in [7, 11) is 0. The first kappa shape index (κ1) is 15.9. The minimum atomic E-state index is -0.342. The number of ether oxygens (including phenoxy) is 2. The summed E-state index contributed by atoms with van der Waals surface area (Å²) in [5, 5.41) is -0.342. The Kier molecular flexibility index (Phi) is 5.70. The van der Waals surface area contributed by atoms with E-state index in [1.54, 1.807) is 12.3 Å². The zero-order valence-corrected chi connectivity index (χ0v) is 14.2. The highest BCUT2D eigenvalue weighted by atomic mass is 79.9. The molecular weight excluding hydrogens is 352 g/mol. The molecule has 0 radical (unpaired) electrons. The smallest absolute Gasteiger partial charge is 0.372 e. The van der Waals surface area contributed by atoms with Crippen molar-refractivity contribution in [2.45, 2.75) is 13.5 Å².